The standard InChI is InChI=1S/C33H48N2O6/c1-3-4-5-8-22-40-28-18-14-27(15-19-28)33(38)30(25-35-20-6-7-21-35)34-32(37)11-9-10-31(36)26-12-16-29(17-13-26)41-24-23-39-2/h12-19,30,33,38H,3-11,20-25H2,1-2H3,(H,34,37)/t30-,33+/m1/s1. The first-order valence-electron chi connectivity index (χ1n) is 15.2. The molecule has 8 heteroatoms. The zero-order valence-electron chi connectivity index (χ0n) is 24.8. The van der Waals surface area contributed by atoms with E-state index in [-0.39, 0.29) is 24.5 Å². The number of ether oxygens (including phenoxy) is 3. The molecule has 41 heavy (non-hydrogen) atoms. The van der Waals surface area contributed by atoms with Crippen LogP contribution in [0.15, 0.2) is 48.5 Å². The summed E-state index contributed by atoms with van der Waals surface area (Å²) in [6.07, 6.45) is 6.95. The fraction of sp³-hybridized carbons (Fsp3) is 0.576. The number of carbonyl (C=O) groups excluding carboxylic acids is 2. The largest absolute Gasteiger partial charge is 0.494 e. The molecule has 1 aliphatic rings. The highest BCUT2D eigenvalue weighted by atomic mass is 16.5. The van der Waals surface area contributed by atoms with E-state index in [2.05, 4.69) is 17.1 Å². The SMILES string of the molecule is CCCCCCOc1ccc([C@H](O)[C@@H](CN2CCCC2)NC(=O)CCCC(=O)c2ccc(OCCOC)cc2)cc1. The lowest BCUT2D eigenvalue weighted by Gasteiger charge is -2.29. The Morgan fingerprint density at radius 1 is 0.854 bits per heavy atom. The van der Waals surface area contributed by atoms with Crippen molar-refractivity contribution in [2.24, 2.45) is 0 Å². The molecule has 1 heterocycles. The Balaban J connectivity index is 1.48. The van der Waals surface area contributed by atoms with Crippen molar-refractivity contribution in [2.45, 2.75) is 76.9 Å². The first-order chi connectivity index (χ1) is 20.0. The number of hydrogen-bond donors (Lipinski definition) is 2. The maximum Gasteiger partial charge on any atom is 0.220 e. The predicted molar refractivity (Wildman–Crippen MR) is 161 cm³/mol. The second kappa shape index (κ2) is 18.5. The molecule has 0 aromatic heterocycles. The lowest BCUT2D eigenvalue weighted by Crippen LogP contribution is -2.46. The Bertz CT molecular complexity index is 1020. The predicted octanol–water partition coefficient (Wildman–Crippen LogP) is 5.34. The second-order valence-corrected chi connectivity index (χ2v) is 10.7. The van der Waals surface area contributed by atoms with Crippen molar-refractivity contribution in [2.75, 3.05) is 46.6 Å². The van der Waals surface area contributed by atoms with Gasteiger partial charge in [0.1, 0.15) is 24.2 Å². The number of nitrogens with one attached hydrogen (secondary N) is 1. The first kappa shape index (κ1) is 32.6. The molecule has 0 aliphatic carbocycles. The van der Waals surface area contributed by atoms with Gasteiger partial charge in [0, 0.05) is 32.1 Å². The van der Waals surface area contributed by atoms with Crippen LogP contribution in [-0.2, 0) is 9.53 Å². The van der Waals surface area contributed by atoms with Gasteiger partial charge in [-0.15, -0.1) is 0 Å². The number of rotatable bonds is 20. The summed E-state index contributed by atoms with van der Waals surface area (Å²) in [5, 5.41) is 14.3. The van der Waals surface area contributed by atoms with Crippen molar-refractivity contribution in [1.29, 1.82) is 0 Å². The number of aliphatic hydroxyl groups excluding tert-OH is 1. The van der Waals surface area contributed by atoms with E-state index in [0.29, 0.717) is 44.1 Å². The number of carbonyl (C=O) groups is 2. The van der Waals surface area contributed by atoms with Gasteiger partial charge in [-0.3, -0.25) is 9.59 Å². The normalized spacial score (nSPS) is 14.9. The summed E-state index contributed by atoms with van der Waals surface area (Å²) in [5.41, 5.74) is 1.35. The number of likely N-dealkylation sites (tertiary alicyclic amines) is 1. The maximum atomic E-state index is 12.9. The minimum atomic E-state index is -0.843. The highest BCUT2D eigenvalue weighted by molar-refractivity contribution is 5.96. The van der Waals surface area contributed by atoms with E-state index in [1.165, 1.54) is 12.8 Å². The van der Waals surface area contributed by atoms with Gasteiger partial charge in [-0.2, -0.15) is 0 Å². The van der Waals surface area contributed by atoms with Crippen LogP contribution in [0.1, 0.15) is 86.7 Å². The van der Waals surface area contributed by atoms with Gasteiger partial charge in [-0.05, 0) is 80.7 Å². The monoisotopic (exact) mass is 568 g/mol. The molecule has 1 fully saturated rings. The molecule has 0 radical (unpaired) electrons. The number of hydrogen-bond acceptors (Lipinski definition) is 7. The fourth-order valence-electron chi connectivity index (χ4n) is 4.99. The van der Waals surface area contributed by atoms with E-state index in [0.717, 1.165) is 50.1 Å². The highest BCUT2D eigenvalue weighted by Gasteiger charge is 2.26. The zero-order chi connectivity index (χ0) is 29.3. The smallest absolute Gasteiger partial charge is 0.220 e. The quantitative estimate of drug-likeness (QED) is 0.164. The van der Waals surface area contributed by atoms with Crippen molar-refractivity contribution in [1.82, 2.24) is 10.2 Å². The average Bonchev–Trinajstić information content (AvgIpc) is 3.50. The van der Waals surface area contributed by atoms with Gasteiger partial charge in [-0.1, -0.05) is 38.3 Å². The summed E-state index contributed by atoms with van der Waals surface area (Å²) in [4.78, 5) is 27.8. The van der Waals surface area contributed by atoms with Gasteiger partial charge in [0.15, 0.2) is 5.78 Å². The molecule has 2 atom stereocenters. The number of unbranched alkanes of at least 4 members (excludes halogenated alkanes) is 3. The Kier molecular flexibility index (Phi) is 14.7. The zero-order valence-corrected chi connectivity index (χ0v) is 24.8. The summed E-state index contributed by atoms with van der Waals surface area (Å²) < 4.78 is 16.4. The molecule has 0 bridgehead atoms. The van der Waals surface area contributed by atoms with Gasteiger partial charge < -0.3 is 29.5 Å². The number of nitrogens with zero attached hydrogens (tertiary/aromatic N) is 1. The fourth-order valence-corrected chi connectivity index (χ4v) is 4.99. The molecular formula is C33H48N2O6. The third-order valence-corrected chi connectivity index (χ3v) is 7.41. The van der Waals surface area contributed by atoms with E-state index in [1.807, 2.05) is 24.3 Å². The number of ketones is 1. The van der Waals surface area contributed by atoms with Gasteiger partial charge >= 0.3 is 0 Å². The third-order valence-electron chi connectivity index (χ3n) is 7.41. The molecule has 226 valence electrons. The second-order valence-electron chi connectivity index (χ2n) is 10.7. The average molecular weight is 569 g/mol. The van der Waals surface area contributed by atoms with Crippen molar-refractivity contribution >= 4 is 11.7 Å². The lowest BCUT2D eigenvalue weighted by molar-refractivity contribution is -0.123. The maximum absolute atomic E-state index is 12.9. The number of benzene rings is 2. The third kappa shape index (κ3) is 11.8. The molecular weight excluding hydrogens is 520 g/mol. The van der Waals surface area contributed by atoms with Crippen molar-refractivity contribution in [3.8, 4) is 11.5 Å². The number of Topliss-reactive ketones (excluding diaryl/α,β-unsaturated/α-hetero) is 1. The molecule has 0 unspecified atom stereocenters. The molecule has 1 aliphatic heterocycles. The number of methoxy groups -OCH3 is 1. The lowest BCUT2D eigenvalue weighted by atomic mass is 10.0. The topological polar surface area (TPSA) is 97.3 Å². The van der Waals surface area contributed by atoms with E-state index in [1.54, 1.807) is 31.4 Å². The summed E-state index contributed by atoms with van der Waals surface area (Å²) in [7, 11) is 1.62. The molecule has 2 aromatic carbocycles. The minimum Gasteiger partial charge on any atom is -0.494 e. The Hall–Kier alpha value is -2.94. The Morgan fingerprint density at radius 3 is 2.17 bits per heavy atom. The van der Waals surface area contributed by atoms with Crippen LogP contribution in [0.3, 0.4) is 0 Å². The van der Waals surface area contributed by atoms with Crippen LogP contribution in [0.5, 0.6) is 11.5 Å². The van der Waals surface area contributed by atoms with Crippen LogP contribution in [0, 0.1) is 0 Å². The van der Waals surface area contributed by atoms with Crippen molar-refractivity contribution < 1.29 is 28.9 Å². The molecule has 8 nitrogen and oxygen atoms in total. The molecule has 0 spiro atoms. The summed E-state index contributed by atoms with van der Waals surface area (Å²) in [6.45, 7) is 6.34. The first-order valence-corrected chi connectivity index (χ1v) is 15.2. The summed E-state index contributed by atoms with van der Waals surface area (Å²) in [6, 6.07) is 14.1. The Labute approximate surface area is 245 Å². The van der Waals surface area contributed by atoms with Crippen LogP contribution in [-0.4, -0.2) is 74.3 Å². The van der Waals surface area contributed by atoms with E-state index < -0.39 is 12.1 Å². The van der Waals surface area contributed by atoms with Gasteiger partial charge in [0.2, 0.25) is 5.91 Å². The van der Waals surface area contributed by atoms with Crippen molar-refractivity contribution in [3.05, 3.63) is 59.7 Å². The molecule has 1 saturated heterocycles. The number of amides is 1. The van der Waals surface area contributed by atoms with Crippen LogP contribution in [0.2, 0.25) is 0 Å². The molecule has 2 N–H and O–H groups in total. The van der Waals surface area contributed by atoms with Gasteiger partial charge in [-0.25, -0.2) is 0 Å². The van der Waals surface area contributed by atoms with E-state index in [4.69, 9.17) is 14.2 Å². The van der Waals surface area contributed by atoms with Gasteiger partial charge in [0.05, 0.1) is 19.3 Å². The van der Waals surface area contributed by atoms with E-state index in [9.17, 15) is 14.7 Å². The van der Waals surface area contributed by atoms with Crippen LogP contribution in [0.4, 0.5) is 0 Å². The van der Waals surface area contributed by atoms with Crippen molar-refractivity contribution in [3.63, 3.8) is 0 Å². The summed E-state index contributed by atoms with van der Waals surface area (Å²) in [5.74, 6) is 1.30. The minimum absolute atomic E-state index is 0.0115. The Morgan fingerprint density at radius 2 is 1.51 bits per heavy atom. The van der Waals surface area contributed by atoms with Gasteiger partial charge in [0.25, 0.3) is 0 Å². The molecule has 3 rings (SSSR count). The molecule has 2 aromatic rings. The van der Waals surface area contributed by atoms with Crippen LogP contribution >= 0.6 is 0 Å². The van der Waals surface area contributed by atoms with Crippen LogP contribution < -0.4 is 14.8 Å². The highest BCUT2D eigenvalue weighted by Crippen LogP contribution is 2.23. The van der Waals surface area contributed by atoms with E-state index >= 15 is 0 Å². The number of aliphatic hydroxyl groups is 1. The molecule has 0 saturated carbocycles. The molecule has 1 amide bonds. The van der Waals surface area contributed by atoms with Crippen LogP contribution in [0.25, 0.3) is 0 Å². The summed E-state index contributed by atoms with van der Waals surface area (Å²) >= 11 is 0.